The van der Waals surface area contributed by atoms with Crippen LogP contribution in [-0.4, -0.2) is 34.2 Å². The minimum atomic E-state index is 0.589. The van der Waals surface area contributed by atoms with Crippen LogP contribution in [0.4, 0.5) is 0 Å². The molecule has 0 bridgehead atoms. The normalized spacial score (nSPS) is 23.2. The van der Waals surface area contributed by atoms with Crippen molar-refractivity contribution in [1.29, 1.82) is 0 Å². The molecule has 3 nitrogen and oxygen atoms in total. The van der Waals surface area contributed by atoms with Crippen molar-refractivity contribution in [2.24, 2.45) is 0 Å². The summed E-state index contributed by atoms with van der Waals surface area (Å²) in [5, 5.41) is 8.11. The van der Waals surface area contributed by atoms with Gasteiger partial charge >= 0.3 is 0 Å². The molecule has 1 unspecified atom stereocenters. The molecule has 0 saturated carbocycles. The fourth-order valence-electron chi connectivity index (χ4n) is 2.03. The standard InChI is InChI=1S/C11H17N3/c1-9(2)14-7-5-10(8-14)11-4-3-6-12-13-11/h3-4,6,9-10H,5,7-8H2,1-2H3. The predicted octanol–water partition coefficient (Wildman–Crippen LogP) is 1.67. The summed E-state index contributed by atoms with van der Waals surface area (Å²) >= 11 is 0. The maximum atomic E-state index is 4.18. The molecule has 14 heavy (non-hydrogen) atoms. The molecular weight excluding hydrogens is 174 g/mol. The van der Waals surface area contributed by atoms with E-state index in [0.29, 0.717) is 12.0 Å². The molecule has 1 aliphatic heterocycles. The van der Waals surface area contributed by atoms with E-state index < -0.39 is 0 Å². The van der Waals surface area contributed by atoms with Crippen molar-refractivity contribution in [2.75, 3.05) is 13.1 Å². The molecule has 2 heterocycles. The second-order valence-corrected chi connectivity index (χ2v) is 4.22. The minimum absolute atomic E-state index is 0.589. The van der Waals surface area contributed by atoms with E-state index >= 15 is 0 Å². The van der Waals surface area contributed by atoms with Gasteiger partial charge in [-0.15, -0.1) is 0 Å². The molecule has 1 aromatic rings. The van der Waals surface area contributed by atoms with E-state index in [1.54, 1.807) is 6.20 Å². The largest absolute Gasteiger partial charge is 0.300 e. The van der Waals surface area contributed by atoms with Gasteiger partial charge in [-0.2, -0.15) is 10.2 Å². The van der Waals surface area contributed by atoms with Gasteiger partial charge in [0.15, 0.2) is 0 Å². The number of nitrogens with zero attached hydrogens (tertiary/aromatic N) is 3. The fraction of sp³-hybridized carbons (Fsp3) is 0.636. The van der Waals surface area contributed by atoms with Gasteiger partial charge in [-0.25, -0.2) is 0 Å². The SMILES string of the molecule is CC(C)N1CCC(c2cccnn2)C1. The third-order valence-electron chi connectivity index (χ3n) is 2.96. The van der Waals surface area contributed by atoms with Crippen LogP contribution in [0.2, 0.25) is 0 Å². The van der Waals surface area contributed by atoms with Gasteiger partial charge in [0.05, 0.1) is 5.69 Å². The summed E-state index contributed by atoms with van der Waals surface area (Å²) in [4.78, 5) is 2.50. The minimum Gasteiger partial charge on any atom is -0.300 e. The van der Waals surface area contributed by atoms with Crippen LogP contribution in [0.25, 0.3) is 0 Å². The lowest BCUT2D eigenvalue weighted by atomic mass is 10.1. The zero-order valence-corrected chi connectivity index (χ0v) is 8.85. The summed E-state index contributed by atoms with van der Waals surface area (Å²) in [5.74, 6) is 0.589. The molecule has 0 radical (unpaired) electrons. The highest BCUT2D eigenvalue weighted by Crippen LogP contribution is 2.26. The molecule has 76 valence electrons. The van der Waals surface area contributed by atoms with Crippen molar-refractivity contribution in [3.8, 4) is 0 Å². The highest BCUT2D eigenvalue weighted by Gasteiger charge is 2.26. The highest BCUT2D eigenvalue weighted by atomic mass is 15.2. The number of rotatable bonds is 2. The molecule has 0 N–H and O–H groups in total. The van der Waals surface area contributed by atoms with Crippen LogP contribution in [0.5, 0.6) is 0 Å². The van der Waals surface area contributed by atoms with E-state index in [-0.39, 0.29) is 0 Å². The summed E-state index contributed by atoms with van der Waals surface area (Å²) in [5.41, 5.74) is 1.15. The quantitative estimate of drug-likeness (QED) is 0.712. The predicted molar refractivity (Wildman–Crippen MR) is 56.1 cm³/mol. The van der Waals surface area contributed by atoms with Crippen LogP contribution in [0.1, 0.15) is 31.9 Å². The smallest absolute Gasteiger partial charge is 0.0675 e. The average Bonchev–Trinajstić information content (AvgIpc) is 2.68. The first-order chi connectivity index (χ1) is 6.77. The molecule has 1 fully saturated rings. The lowest BCUT2D eigenvalue weighted by molar-refractivity contribution is 0.272. The van der Waals surface area contributed by atoms with Crippen LogP contribution in [0.3, 0.4) is 0 Å². The Hall–Kier alpha value is -0.960. The second kappa shape index (κ2) is 4.05. The van der Waals surface area contributed by atoms with E-state index in [2.05, 4.69) is 35.0 Å². The Kier molecular flexibility index (Phi) is 2.77. The molecule has 1 saturated heterocycles. The monoisotopic (exact) mass is 191 g/mol. The molecular formula is C11H17N3. The molecule has 0 amide bonds. The van der Waals surface area contributed by atoms with Crippen molar-refractivity contribution < 1.29 is 0 Å². The molecule has 1 aliphatic rings. The summed E-state index contributed by atoms with van der Waals surface area (Å²) in [7, 11) is 0. The van der Waals surface area contributed by atoms with E-state index in [1.165, 1.54) is 13.0 Å². The van der Waals surface area contributed by atoms with Crippen molar-refractivity contribution in [2.45, 2.75) is 32.2 Å². The van der Waals surface area contributed by atoms with Gasteiger partial charge in [0.1, 0.15) is 0 Å². The third-order valence-corrected chi connectivity index (χ3v) is 2.96. The van der Waals surface area contributed by atoms with Crippen molar-refractivity contribution >= 4 is 0 Å². The Morgan fingerprint density at radius 2 is 2.36 bits per heavy atom. The second-order valence-electron chi connectivity index (χ2n) is 4.22. The van der Waals surface area contributed by atoms with Gasteiger partial charge in [0.2, 0.25) is 0 Å². The number of aromatic nitrogens is 2. The average molecular weight is 191 g/mol. The van der Waals surface area contributed by atoms with E-state index in [4.69, 9.17) is 0 Å². The van der Waals surface area contributed by atoms with Crippen LogP contribution in [0, 0.1) is 0 Å². The van der Waals surface area contributed by atoms with Gasteiger partial charge in [-0.3, -0.25) is 0 Å². The zero-order valence-electron chi connectivity index (χ0n) is 8.85. The first-order valence-corrected chi connectivity index (χ1v) is 5.29. The number of hydrogen-bond acceptors (Lipinski definition) is 3. The first-order valence-electron chi connectivity index (χ1n) is 5.29. The van der Waals surface area contributed by atoms with Crippen molar-refractivity contribution in [3.05, 3.63) is 24.0 Å². The van der Waals surface area contributed by atoms with Crippen LogP contribution in [-0.2, 0) is 0 Å². The lowest BCUT2D eigenvalue weighted by Gasteiger charge is -2.19. The van der Waals surface area contributed by atoms with Crippen LogP contribution >= 0.6 is 0 Å². The van der Waals surface area contributed by atoms with Gasteiger partial charge in [0, 0.05) is 24.7 Å². The fourth-order valence-corrected chi connectivity index (χ4v) is 2.03. The number of likely N-dealkylation sites (tertiary alicyclic amines) is 1. The molecule has 3 heteroatoms. The molecule has 2 rings (SSSR count). The van der Waals surface area contributed by atoms with Crippen LogP contribution < -0.4 is 0 Å². The van der Waals surface area contributed by atoms with Crippen molar-refractivity contribution in [1.82, 2.24) is 15.1 Å². The number of hydrogen-bond donors (Lipinski definition) is 0. The summed E-state index contributed by atoms with van der Waals surface area (Å²) in [6.45, 7) is 6.83. The van der Waals surface area contributed by atoms with E-state index in [0.717, 1.165) is 12.2 Å². The Morgan fingerprint density at radius 1 is 1.50 bits per heavy atom. The molecule has 1 aromatic heterocycles. The Balaban J connectivity index is 2.03. The molecule has 0 spiro atoms. The highest BCUT2D eigenvalue weighted by molar-refractivity contribution is 5.09. The van der Waals surface area contributed by atoms with Gasteiger partial charge in [-0.1, -0.05) is 0 Å². The Bertz CT molecular complexity index is 284. The lowest BCUT2D eigenvalue weighted by Crippen LogP contribution is -2.28. The molecule has 0 aliphatic carbocycles. The maximum absolute atomic E-state index is 4.18. The molecule has 1 atom stereocenters. The summed E-state index contributed by atoms with van der Waals surface area (Å²) < 4.78 is 0. The maximum Gasteiger partial charge on any atom is 0.0675 e. The first kappa shape index (κ1) is 9.59. The summed E-state index contributed by atoms with van der Waals surface area (Å²) in [6.07, 6.45) is 2.95. The Labute approximate surface area is 85.1 Å². The third kappa shape index (κ3) is 1.93. The molecule has 0 aromatic carbocycles. The Morgan fingerprint density at radius 3 is 2.93 bits per heavy atom. The van der Waals surface area contributed by atoms with E-state index in [1.807, 2.05) is 6.07 Å². The van der Waals surface area contributed by atoms with Gasteiger partial charge < -0.3 is 4.90 Å². The zero-order chi connectivity index (χ0) is 9.97. The summed E-state index contributed by atoms with van der Waals surface area (Å²) in [6, 6.07) is 4.71. The van der Waals surface area contributed by atoms with Gasteiger partial charge in [0.25, 0.3) is 0 Å². The van der Waals surface area contributed by atoms with E-state index in [9.17, 15) is 0 Å². The van der Waals surface area contributed by atoms with Gasteiger partial charge in [-0.05, 0) is 38.9 Å². The van der Waals surface area contributed by atoms with Crippen molar-refractivity contribution in [3.63, 3.8) is 0 Å². The topological polar surface area (TPSA) is 29.0 Å². The van der Waals surface area contributed by atoms with Crippen LogP contribution in [0.15, 0.2) is 18.3 Å².